The van der Waals surface area contributed by atoms with Crippen LogP contribution >= 0.6 is 0 Å². The van der Waals surface area contributed by atoms with Crippen molar-refractivity contribution in [2.24, 2.45) is 0 Å². The quantitative estimate of drug-likeness (QED) is 0.369. The Morgan fingerprint density at radius 3 is 2.84 bits per heavy atom. The zero-order valence-electron chi connectivity index (χ0n) is 11.0. The van der Waals surface area contributed by atoms with Crippen LogP contribution in [0.4, 0.5) is 0 Å². The molecule has 1 atom stereocenters. The van der Waals surface area contributed by atoms with Gasteiger partial charge < -0.3 is 18.9 Å². The number of rotatable bonds is 10. The second kappa shape index (κ2) is 7.94. The highest BCUT2D eigenvalue weighted by atomic mass is 16.6. The molecule has 1 aromatic carbocycles. The van der Waals surface area contributed by atoms with Gasteiger partial charge in [-0.05, 0) is 6.07 Å². The Morgan fingerprint density at radius 2 is 2.05 bits per heavy atom. The van der Waals surface area contributed by atoms with E-state index < -0.39 is 0 Å². The summed E-state index contributed by atoms with van der Waals surface area (Å²) in [6.07, 6.45) is 1.99. The van der Waals surface area contributed by atoms with E-state index in [1.54, 1.807) is 6.08 Å². The smallest absolute Gasteiger partial charge is 0.124 e. The van der Waals surface area contributed by atoms with Gasteiger partial charge in [0.2, 0.25) is 0 Å². The van der Waals surface area contributed by atoms with E-state index in [-0.39, 0.29) is 6.10 Å². The lowest BCUT2D eigenvalue weighted by Crippen LogP contribution is -2.08. The Labute approximate surface area is 113 Å². The monoisotopic (exact) mass is 264 g/mol. The summed E-state index contributed by atoms with van der Waals surface area (Å²) < 4.78 is 21.6. The van der Waals surface area contributed by atoms with Gasteiger partial charge in [-0.1, -0.05) is 24.3 Å². The molecule has 4 heteroatoms. The third kappa shape index (κ3) is 5.42. The number of hydrogen-bond donors (Lipinski definition) is 0. The van der Waals surface area contributed by atoms with Crippen LogP contribution in [0.15, 0.2) is 36.9 Å². The van der Waals surface area contributed by atoms with Gasteiger partial charge in [0.15, 0.2) is 0 Å². The third-order valence-electron chi connectivity index (χ3n) is 2.66. The molecule has 1 aliphatic heterocycles. The maximum Gasteiger partial charge on any atom is 0.124 e. The topological polar surface area (TPSA) is 40.2 Å². The average Bonchev–Trinajstić information content (AvgIpc) is 3.25. The second-order valence-corrected chi connectivity index (χ2v) is 4.29. The van der Waals surface area contributed by atoms with Crippen molar-refractivity contribution in [2.75, 3.05) is 33.0 Å². The van der Waals surface area contributed by atoms with Crippen molar-refractivity contribution in [1.82, 2.24) is 0 Å². The van der Waals surface area contributed by atoms with Crippen molar-refractivity contribution in [1.29, 1.82) is 0 Å². The molecule has 0 spiro atoms. The standard InChI is InChI=1S/C15H20O4/c1-2-7-16-8-9-17-10-13-5-3-4-6-15(13)19-12-14-11-18-14/h2-6,14H,1,7-12H2. The van der Waals surface area contributed by atoms with Gasteiger partial charge in [-0.25, -0.2) is 0 Å². The van der Waals surface area contributed by atoms with Crippen molar-refractivity contribution in [2.45, 2.75) is 12.7 Å². The van der Waals surface area contributed by atoms with Gasteiger partial charge in [0, 0.05) is 5.56 Å². The van der Waals surface area contributed by atoms with Crippen LogP contribution in [0.25, 0.3) is 0 Å². The molecule has 1 unspecified atom stereocenters. The minimum atomic E-state index is 0.265. The van der Waals surface area contributed by atoms with E-state index in [0.29, 0.717) is 33.0 Å². The minimum absolute atomic E-state index is 0.265. The molecule has 0 radical (unpaired) electrons. The second-order valence-electron chi connectivity index (χ2n) is 4.29. The summed E-state index contributed by atoms with van der Waals surface area (Å²) in [5.41, 5.74) is 1.05. The molecule has 0 amide bonds. The summed E-state index contributed by atoms with van der Waals surface area (Å²) in [6, 6.07) is 7.90. The van der Waals surface area contributed by atoms with Crippen LogP contribution in [0.3, 0.4) is 0 Å². The van der Waals surface area contributed by atoms with Gasteiger partial charge in [-0.2, -0.15) is 0 Å². The van der Waals surface area contributed by atoms with Gasteiger partial charge in [-0.15, -0.1) is 6.58 Å². The van der Waals surface area contributed by atoms with E-state index in [0.717, 1.165) is 17.9 Å². The molecule has 0 N–H and O–H groups in total. The summed E-state index contributed by atoms with van der Waals surface area (Å²) in [4.78, 5) is 0. The summed E-state index contributed by atoms with van der Waals surface area (Å²) >= 11 is 0. The highest BCUT2D eigenvalue weighted by Crippen LogP contribution is 2.20. The Kier molecular flexibility index (Phi) is 5.88. The summed E-state index contributed by atoms with van der Waals surface area (Å²) in [7, 11) is 0. The third-order valence-corrected chi connectivity index (χ3v) is 2.66. The van der Waals surface area contributed by atoms with Crippen LogP contribution in [0, 0.1) is 0 Å². The first-order valence-corrected chi connectivity index (χ1v) is 6.49. The van der Waals surface area contributed by atoms with E-state index in [4.69, 9.17) is 18.9 Å². The molecule has 1 fully saturated rings. The zero-order chi connectivity index (χ0) is 13.3. The molecule has 0 aromatic heterocycles. The van der Waals surface area contributed by atoms with Crippen molar-refractivity contribution in [3.63, 3.8) is 0 Å². The van der Waals surface area contributed by atoms with Crippen LogP contribution in [0.5, 0.6) is 5.75 Å². The van der Waals surface area contributed by atoms with Gasteiger partial charge >= 0.3 is 0 Å². The zero-order valence-corrected chi connectivity index (χ0v) is 11.0. The van der Waals surface area contributed by atoms with Crippen molar-refractivity contribution >= 4 is 0 Å². The van der Waals surface area contributed by atoms with Crippen molar-refractivity contribution < 1.29 is 18.9 Å². The summed E-state index contributed by atoms with van der Waals surface area (Å²) in [5.74, 6) is 0.866. The maximum atomic E-state index is 5.71. The van der Waals surface area contributed by atoms with E-state index in [2.05, 4.69) is 6.58 Å². The summed E-state index contributed by atoms with van der Waals surface area (Å²) in [6.45, 7) is 7.22. The van der Waals surface area contributed by atoms with Crippen molar-refractivity contribution in [3.05, 3.63) is 42.5 Å². The number of epoxide rings is 1. The maximum absolute atomic E-state index is 5.71. The Balaban J connectivity index is 1.70. The molecule has 0 aliphatic carbocycles. The van der Waals surface area contributed by atoms with Crippen molar-refractivity contribution in [3.8, 4) is 5.75 Å². The van der Waals surface area contributed by atoms with E-state index in [9.17, 15) is 0 Å². The lowest BCUT2D eigenvalue weighted by molar-refractivity contribution is 0.0494. The first-order chi connectivity index (χ1) is 9.40. The lowest BCUT2D eigenvalue weighted by atomic mass is 10.2. The van der Waals surface area contributed by atoms with Crippen LogP contribution in [-0.2, 0) is 20.8 Å². The molecule has 1 saturated heterocycles. The predicted molar refractivity (Wildman–Crippen MR) is 72.3 cm³/mol. The van der Waals surface area contributed by atoms with Crippen LogP contribution in [0.1, 0.15) is 5.56 Å². The summed E-state index contributed by atoms with van der Waals surface area (Å²) in [5, 5.41) is 0. The lowest BCUT2D eigenvalue weighted by Gasteiger charge is -2.11. The van der Waals surface area contributed by atoms with Crippen LogP contribution in [-0.4, -0.2) is 39.1 Å². The van der Waals surface area contributed by atoms with Gasteiger partial charge in [0.25, 0.3) is 0 Å². The average molecular weight is 264 g/mol. The Hall–Kier alpha value is -1.36. The van der Waals surface area contributed by atoms with Gasteiger partial charge in [0.05, 0.1) is 33.0 Å². The first kappa shape index (κ1) is 14.1. The van der Waals surface area contributed by atoms with Crippen LogP contribution in [0.2, 0.25) is 0 Å². The van der Waals surface area contributed by atoms with Gasteiger partial charge in [-0.3, -0.25) is 0 Å². The fourth-order valence-electron chi connectivity index (χ4n) is 1.58. The largest absolute Gasteiger partial charge is 0.490 e. The first-order valence-electron chi connectivity index (χ1n) is 6.49. The van der Waals surface area contributed by atoms with E-state index >= 15 is 0 Å². The molecular weight excluding hydrogens is 244 g/mol. The molecule has 19 heavy (non-hydrogen) atoms. The fraction of sp³-hybridized carbons (Fsp3) is 0.467. The molecule has 1 aromatic rings. The molecular formula is C15H20O4. The number of benzene rings is 1. The highest BCUT2D eigenvalue weighted by Gasteiger charge is 2.23. The molecule has 1 heterocycles. The molecule has 0 saturated carbocycles. The highest BCUT2D eigenvalue weighted by molar-refractivity contribution is 5.32. The predicted octanol–water partition coefficient (Wildman–Crippen LogP) is 2.18. The minimum Gasteiger partial charge on any atom is -0.490 e. The SMILES string of the molecule is C=CCOCCOCc1ccccc1OCC1CO1. The van der Waals surface area contributed by atoms with Gasteiger partial charge in [0.1, 0.15) is 18.5 Å². The Bertz CT molecular complexity index is 387. The molecule has 4 nitrogen and oxygen atoms in total. The number of para-hydroxylation sites is 1. The normalized spacial score (nSPS) is 17.2. The molecule has 1 aliphatic rings. The van der Waals surface area contributed by atoms with E-state index in [1.165, 1.54) is 0 Å². The van der Waals surface area contributed by atoms with Crippen LogP contribution < -0.4 is 4.74 Å². The Morgan fingerprint density at radius 1 is 1.26 bits per heavy atom. The molecule has 0 bridgehead atoms. The number of hydrogen-bond acceptors (Lipinski definition) is 4. The molecule has 104 valence electrons. The van der Waals surface area contributed by atoms with E-state index in [1.807, 2.05) is 24.3 Å². The number of ether oxygens (including phenoxy) is 4. The molecule has 2 rings (SSSR count). The fourth-order valence-corrected chi connectivity index (χ4v) is 1.58.